The van der Waals surface area contributed by atoms with E-state index in [1.807, 2.05) is 24.8 Å². The number of ether oxygens (including phenoxy) is 11. The van der Waals surface area contributed by atoms with Crippen molar-refractivity contribution >= 4 is 56.8 Å². The Bertz CT molecular complexity index is 2370. The molecule has 2 aromatic rings. The zero-order valence-electron chi connectivity index (χ0n) is 44.6. The van der Waals surface area contributed by atoms with Crippen LogP contribution in [0.1, 0.15) is 55.7 Å². The number of nitrogens with two attached hydrogens (primary N) is 1. The second kappa shape index (κ2) is 35.5. The largest absolute Gasteiger partial charge is 0.420 e. The fourth-order valence-electron chi connectivity index (χ4n) is 8.26. The van der Waals surface area contributed by atoms with E-state index in [1.54, 1.807) is 11.3 Å². The molecule has 0 unspecified atom stereocenters. The number of esters is 1. The topological polar surface area (TPSA) is 264 Å². The van der Waals surface area contributed by atoms with Gasteiger partial charge in [-0.25, -0.2) is 18.8 Å². The number of fused-ring (bicyclic) bond motifs is 3. The molecule has 3 N–H and O–H groups in total. The molecule has 1 aromatic carbocycles. The maximum Gasteiger partial charge on any atom is 0.313 e. The van der Waals surface area contributed by atoms with Crippen molar-refractivity contribution < 1.29 is 102 Å². The molecule has 29 heteroatoms. The number of carbonyl (C=O) groups is 3. The van der Waals surface area contributed by atoms with Crippen molar-refractivity contribution in [2.75, 3.05) is 158 Å². The van der Waals surface area contributed by atoms with Crippen molar-refractivity contribution in [3.63, 3.8) is 0 Å². The molecule has 0 spiro atoms. The minimum atomic E-state index is -5.65. The normalized spacial score (nSPS) is 16.3. The number of nitrogens with zero attached hydrogens (tertiary/aromatic N) is 4. The maximum atomic E-state index is 14.0. The summed E-state index contributed by atoms with van der Waals surface area (Å²) in [4.78, 5) is 52.6. The lowest BCUT2D eigenvalue weighted by atomic mass is 10.1. The number of amides is 2. The summed E-state index contributed by atoms with van der Waals surface area (Å²) in [5.41, 5.74) is 7.58. The van der Waals surface area contributed by atoms with Crippen LogP contribution in [0.3, 0.4) is 0 Å². The predicted octanol–water partition coefficient (Wildman–Crippen LogP) is 3.85. The number of carbonyl (C=O) groups excluding carboxylic acids is 3. The van der Waals surface area contributed by atoms with E-state index >= 15 is 0 Å². The molecule has 2 atom stereocenters. The third-order valence-corrected chi connectivity index (χ3v) is 13.8. The van der Waals surface area contributed by atoms with Crippen LogP contribution in [-0.2, 0) is 83.3 Å². The second-order valence-corrected chi connectivity index (χ2v) is 20.3. The van der Waals surface area contributed by atoms with Gasteiger partial charge in [0.15, 0.2) is 16.5 Å². The number of benzene rings is 1. The molecular weight excluding hydrogens is 1100 g/mol. The van der Waals surface area contributed by atoms with Crippen LogP contribution in [-0.4, -0.2) is 222 Å². The Labute approximate surface area is 461 Å². The average Bonchev–Trinajstić information content (AvgIpc) is 4.25. The van der Waals surface area contributed by atoms with E-state index in [1.165, 1.54) is 5.06 Å². The molecule has 2 amide bonds. The van der Waals surface area contributed by atoms with E-state index < -0.39 is 56.4 Å². The number of amidine groups is 1. The lowest BCUT2D eigenvalue weighted by Gasteiger charge is -2.34. The number of aliphatic imine (C=N–C) groups is 1. The van der Waals surface area contributed by atoms with Gasteiger partial charge in [-0.2, -0.15) is 17.2 Å². The summed E-state index contributed by atoms with van der Waals surface area (Å²) < 4.78 is 145. The molecule has 5 rings (SSSR count). The van der Waals surface area contributed by atoms with E-state index in [0.717, 1.165) is 41.4 Å². The van der Waals surface area contributed by atoms with Gasteiger partial charge in [0, 0.05) is 55.1 Å². The summed E-state index contributed by atoms with van der Waals surface area (Å²) in [5, 5.41) is 1.41. The number of piperazine rings is 1. The van der Waals surface area contributed by atoms with Gasteiger partial charge in [-0.1, -0.05) is 6.92 Å². The monoisotopic (exact) mass is 1170 g/mol. The first-order chi connectivity index (χ1) is 38.1. The average molecular weight is 1170 g/mol. The van der Waals surface area contributed by atoms with Gasteiger partial charge in [-0.15, -0.1) is 11.3 Å². The van der Waals surface area contributed by atoms with Crippen LogP contribution in [0, 0.1) is 23.3 Å². The highest BCUT2D eigenvalue weighted by atomic mass is 32.2. The summed E-state index contributed by atoms with van der Waals surface area (Å²) in [6, 6.07) is 2.52. The van der Waals surface area contributed by atoms with E-state index in [9.17, 15) is 40.4 Å². The number of thiophene rings is 1. The van der Waals surface area contributed by atoms with Gasteiger partial charge in [0.2, 0.25) is 23.3 Å². The number of hydrogen-bond acceptors (Lipinski definition) is 21. The highest BCUT2D eigenvalue weighted by Gasteiger charge is 2.45. The summed E-state index contributed by atoms with van der Waals surface area (Å²) >= 11 is 1.62. The first-order valence-electron chi connectivity index (χ1n) is 26.1. The Morgan fingerprint density at radius 2 is 1.16 bits per heavy atom. The van der Waals surface area contributed by atoms with Crippen molar-refractivity contribution in [2.45, 2.75) is 69.5 Å². The molecule has 4 heterocycles. The Balaban J connectivity index is 0.731. The first kappa shape index (κ1) is 65.5. The van der Waals surface area contributed by atoms with Crippen LogP contribution in [0.2, 0.25) is 0 Å². The van der Waals surface area contributed by atoms with Gasteiger partial charge in [0.1, 0.15) is 5.84 Å². The van der Waals surface area contributed by atoms with Crippen LogP contribution in [0.4, 0.5) is 23.2 Å². The molecule has 0 saturated carbocycles. The molecule has 3 aliphatic heterocycles. The lowest BCUT2D eigenvalue weighted by Crippen LogP contribution is -2.48. The molecule has 2 bridgehead atoms. The Kier molecular flexibility index (Phi) is 29.5. The highest BCUT2D eigenvalue weighted by Crippen LogP contribution is 2.38. The minimum Gasteiger partial charge on any atom is -0.420 e. The summed E-state index contributed by atoms with van der Waals surface area (Å²) in [6.07, 6.45) is 3.63. The van der Waals surface area contributed by atoms with Gasteiger partial charge < -0.3 is 62.7 Å². The third kappa shape index (κ3) is 22.2. The van der Waals surface area contributed by atoms with E-state index in [0.29, 0.717) is 137 Å². The molecule has 79 heavy (non-hydrogen) atoms. The first-order valence-corrected chi connectivity index (χ1v) is 28.3. The van der Waals surface area contributed by atoms with Gasteiger partial charge in [0.25, 0.3) is 5.91 Å². The van der Waals surface area contributed by atoms with Crippen LogP contribution < -0.4 is 10.5 Å². The van der Waals surface area contributed by atoms with Gasteiger partial charge >= 0.3 is 16.1 Å². The second-order valence-electron chi connectivity index (χ2n) is 17.7. The van der Waals surface area contributed by atoms with E-state index in [2.05, 4.69) is 20.7 Å². The van der Waals surface area contributed by atoms with Crippen molar-refractivity contribution in [1.29, 1.82) is 0 Å². The smallest absolute Gasteiger partial charge is 0.313 e. The number of hydroxylamine groups is 2. The van der Waals surface area contributed by atoms with E-state index in [4.69, 9.17) is 62.5 Å². The third-order valence-electron chi connectivity index (χ3n) is 11.9. The Morgan fingerprint density at radius 1 is 0.696 bits per heavy atom. The molecule has 446 valence electrons. The molecular formula is C50H73F4N5O18S2. The molecule has 23 nitrogen and oxygen atoms in total. The lowest BCUT2D eigenvalue weighted by molar-refractivity contribution is -0.180. The van der Waals surface area contributed by atoms with Crippen molar-refractivity contribution in [2.24, 2.45) is 10.7 Å². The van der Waals surface area contributed by atoms with Crippen molar-refractivity contribution in [1.82, 2.24) is 14.9 Å². The maximum absolute atomic E-state index is 14.0. The number of rotatable bonds is 42. The SMILES string of the molecule is CCCN(OCC)C(=O)C1=Cc2sc(CN3C[C@H]4C[C@@H]3CN4C(=O)CCOCCOCCOCCOCCOCCOCCOCCOCCOCCOCCC(=O)Oc3c(F)c(F)c(S(=O)(=O)O)c(F)c3F)cc2N=C(N)C1. The van der Waals surface area contributed by atoms with Crippen LogP contribution in [0.5, 0.6) is 5.75 Å². The minimum absolute atomic E-state index is 0.0195. The van der Waals surface area contributed by atoms with E-state index in [-0.39, 0.29) is 63.4 Å². The molecule has 1 aromatic heterocycles. The molecule has 3 aliphatic rings. The molecule has 2 saturated heterocycles. The quantitative estimate of drug-likeness (QED) is 0.0182. The zero-order valence-corrected chi connectivity index (χ0v) is 46.2. The number of likely N-dealkylation sites (tertiary alicyclic amines) is 2. The predicted molar refractivity (Wildman–Crippen MR) is 275 cm³/mol. The van der Waals surface area contributed by atoms with Crippen LogP contribution in [0.25, 0.3) is 6.08 Å². The van der Waals surface area contributed by atoms with Crippen LogP contribution in [0.15, 0.2) is 21.5 Å². The standard InChI is InChI=1S/C50H73F4N5O18S2/c1-3-7-59(76-4-2)50(62)35-28-40-39(56-41(55)29-35)31-38(78-40)34-57-32-37-30-36(57)33-58(37)42(60)5-8-66-10-12-68-14-16-70-18-20-72-22-24-74-26-27-75-25-23-73-21-19-71-17-15-69-13-11-67-9-6-43(61)77-48-44(51)46(53)49(79(63,64)65)47(54)45(48)52/h28,31,36-37H,3-27,29-30,32-34H2,1-2H3,(H2,55,56)(H,63,64,65)/t36-,37-/m1/s1. The number of hydrogen-bond donors (Lipinski definition) is 2. The van der Waals surface area contributed by atoms with Crippen LogP contribution >= 0.6 is 11.3 Å². The van der Waals surface area contributed by atoms with Crippen molar-refractivity contribution in [3.05, 3.63) is 44.7 Å². The molecule has 0 aliphatic carbocycles. The Hall–Kier alpha value is -4.31. The van der Waals surface area contributed by atoms with Crippen molar-refractivity contribution in [3.8, 4) is 5.75 Å². The number of halogens is 4. The Morgan fingerprint density at radius 3 is 1.59 bits per heavy atom. The molecule has 2 fully saturated rings. The van der Waals surface area contributed by atoms with Gasteiger partial charge in [0.05, 0.1) is 162 Å². The molecule has 0 radical (unpaired) electrons. The summed E-state index contributed by atoms with van der Waals surface area (Å²) in [6.45, 7) is 13.1. The summed E-state index contributed by atoms with van der Waals surface area (Å²) in [7, 11) is -5.65. The highest BCUT2D eigenvalue weighted by molar-refractivity contribution is 7.85. The summed E-state index contributed by atoms with van der Waals surface area (Å²) in [5.74, 6) is -12.4. The fraction of sp³-hybridized carbons (Fsp3) is 0.680. The zero-order chi connectivity index (χ0) is 57.0. The van der Waals surface area contributed by atoms with Gasteiger partial charge in [-0.05, 0) is 31.9 Å². The fourth-order valence-corrected chi connectivity index (χ4v) is 9.98. The van der Waals surface area contributed by atoms with Gasteiger partial charge in [-0.3, -0.25) is 28.7 Å².